The van der Waals surface area contributed by atoms with Crippen LogP contribution >= 0.6 is 0 Å². The molecule has 1 amide bonds. The lowest BCUT2D eigenvalue weighted by atomic mass is 10.0. The Bertz CT molecular complexity index is 1150. The van der Waals surface area contributed by atoms with Gasteiger partial charge >= 0.3 is 0 Å². The summed E-state index contributed by atoms with van der Waals surface area (Å²) in [6.45, 7) is 1.47. The molecule has 3 heterocycles. The number of para-hydroxylation sites is 3. The lowest BCUT2D eigenvalue weighted by Crippen LogP contribution is -2.36. The van der Waals surface area contributed by atoms with Crippen LogP contribution in [0.3, 0.4) is 0 Å². The SMILES string of the molecule is Cn1c(CCC(=O)N2CCc3[nH]c4ccccc4c3C2)nc2ccccc21. The third-order valence-electron chi connectivity index (χ3n) is 5.68. The molecule has 1 aliphatic heterocycles. The summed E-state index contributed by atoms with van der Waals surface area (Å²) in [7, 11) is 2.02. The zero-order valence-corrected chi connectivity index (χ0v) is 15.4. The van der Waals surface area contributed by atoms with Gasteiger partial charge in [-0.3, -0.25) is 4.79 Å². The number of nitrogens with one attached hydrogen (secondary N) is 1. The number of imidazole rings is 1. The zero-order chi connectivity index (χ0) is 18.4. The molecule has 5 rings (SSSR count). The summed E-state index contributed by atoms with van der Waals surface area (Å²) in [6, 6.07) is 16.4. The van der Waals surface area contributed by atoms with Crippen molar-refractivity contribution < 1.29 is 4.79 Å². The first-order chi connectivity index (χ1) is 13.2. The van der Waals surface area contributed by atoms with E-state index < -0.39 is 0 Å². The monoisotopic (exact) mass is 358 g/mol. The maximum absolute atomic E-state index is 12.8. The number of benzene rings is 2. The highest BCUT2D eigenvalue weighted by atomic mass is 16.2. The van der Waals surface area contributed by atoms with Gasteiger partial charge in [-0.1, -0.05) is 30.3 Å². The van der Waals surface area contributed by atoms with Gasteiger partial charge in [0.25, 0.3) is 0 Å². The molecule has 2 aromatic carbocycles. The zero-order valence-electron chi connectivity index (χ0n) is 15.4. The smallest absolute Gasteiger partial charge is 0.223 e. The molecule has 4 aromatic rings. The van der Waals surface area contributed by atoms with Gasteiger partial charge in [-0.25, -0.2) is 4.98 Å². The standard InChI is InChI=1S/C22H22N4O/c1-25-20-9-5-4-8-19(20)24-21(25)10-11-22(27)26-13-12-18-16(14-26)15-6-2-3-7-17(15)23-18/h2-9,23H,10-14H2,1H3. The molecule has 0 saturated carbocycles. The number of hydrogen-bond donors (Lipinski definition) is 1. The Kier molecular flexibility index (Phi) is 3.74. The number of H-pyrrole nitrogens is 1. The minimum absolute atomic E-state index is 0.206. The number of nitrogens with zero attached hydrogens (tertiary/aromatic N) is 3. The first-order valence-corrected chi connectivity index (χ1v) is 9.47. The highest BCUT2D eigenvalue weighted by molar-refractivity contribution is 5.86. The fraction of sp³-hybridized carbons (Fsp3) is 0.273. The quantitative estimate of drug-likeness (QED) is 0.609. The van der Waals surface area contributed by atoms with Crippen molar-refractivity contribution in [2.24, 2.45) is 7.05 Å². The van der Waals surface area contributed by atoms with E-state index in [9.17, 15) is 4.79 Å². The maximum Gasteiger partial charge on any atom is 0.223 e. The van der Waals surface area contributed by atoms with Gasteiger partial charge in [-0.05, 0) is 18.2 Å². The fourth-order valence-electron chi connectivity index (χ4n) is 4.18. The van der Waals surface area contributed by atoms with Crippen LogP contribution in [0.25, 0.3) is 21.9 Å². The Morgan fingerprint density at radius 1 is 1.15 bits per heavy atom. The average Bonchev–Trinajstić information content (AvgIpc) is 3.23. The van der Waals surface area contributed by atoms with Crippen molar-refractivity contribution in [3.05, 3.63) is 65.6 Å². The topological polar surface area (TPSA) is 53.9 Å². The van der Waals surface area contributed by atoms with Crippen molar-refractivity contribution in [1.29, 1.82) is 0 Å². The van der Waals surface area contributed by atoms with Crippen LogP contribution in [-0.2, 0) is 31.2 Å². The molecule has 0 spiro atoms. The molecule has 1 N–H and O–H groups in total. The van der Waals surface area contributed by atoms with Crippen molar-refractivity contribution >= 4 is 27.8 Å². The van der Waals surface area contributed by atoms with E-state index in [0.717, 1.165) is 35.3 Å². The minimum atomic E-state index is 0.206. The number of rotatable bonds is 3. The Balaban J connectivity index is 1.32. The second kappa shape index (κ2) is 6.27. The van der Waals surface area contributed by atoms with Gasteiger partial charge in [0.15, 0.2) is 0 Å². The summed E-state index contributed by atoms with van der Waals surface area (Å²) >= 11 is 0. The molecule has 5 heteroatoms. The second-order valence-electron chi connectivity index (χ2n) is 7.27. The number of amides is 1. The van der Waals surface area contributed by atoms with Gasteiger partial charge in [0.2, 0.25) is 5.91 Å². The largest absolute Gasteiger partial charge is 0.358 e. The highest BCUT2D eigenvalue weighted by Gasteiger charge is 2.24. The van der Waals surface area contributed by atoms with E-state index in [1.807, 2.05) is 36.2 Å². The lowest BCUT2D eigenvalue weighted by molar-refractivity contribution is -0.132. The van der Waals surface area contributed by atoms with E-state index in [4.69, 9.17) is 0 Å². The van der Waals surface area contributed by atoms with E-state index >= 15 is 0 Å². The van der Waals surface area contributed by atoms with Gasteiger partial charge in [0, 0.05) is 61.6 Å². The molecule has 136 valence electrons. The number of aromatic nitrogens is 3. The molecule has 0 atom stereocenters. The van der Waals surface area contributed by atoms with Gasteiger partial charge in [0.05, 0.1) is 11.0 Å². The number of hydrogen-bond acceptors (Lipinski definition) is 2. The third kappa shape index (κ3) is 2.70. The highest BCUT2D eigenvalue weighted by Crippen LogP contribution is 2.28. The number of carbonyl (C=O) groups excluding carboxylic acids is 1. The van der Waals surface area contributed by atoms with Gasteiger partial charge in [-0.2, -0.15) is 0 Å². The third-order valence-corrected chi connectivity index (χ3v) is 5.68. The molecule has 0 fully saturated rings. The molecule has 0 radical (unpaired) electrons. The predicted octanol–water partition coefficient (Wildman–Crippen LogP) is 3.57. The summed E-state index contributed by atoms with van der Waals surface area (Å²) in [6.07, 6.45) is 2.05. The number of carbonyl (C=O) groups is 1. The molecule has 2 aromatic heterocycles. The summed E-state index contributed by atoms with van der Waals surface area (Å²) in [5, 5.41) is 1.24. The van der Waals surface area contributed by atoms with E-state index in [0.29, 0.717) is 19.4 Å². The van der Waals surface area contributed by atoms with Crippen molar-refractivity contribution in [2.75, 3.05) is 6.54 Å². The summed E-state index contributed by atoms with van der Waals surface area (Å²) < 4.78 is 2.09. The summed E-state index contributed by atoms with van der Waals surface area (Å²) in [5.74, 6) is 1.17. The van der Waals surface area contributed by atoms with Crippen LogP contribution in [0.4, 0.5) is 0 Å². The molecule has 5 nitrogen and oxygen atoms in total. The first kappa shape index (κ1) is 16.1. The van der Waals surface area contributed by atoms with Crippen LogP contribution in [0.5, 0.6) is 0 Å². The van der Waals surface area contributed by atoms with Crippen LogP contribution in [0.1, 0.15) is 23.5 Å². The summed E-state index contributed by atoms with van der Waals surface area (Å²) in [4.78, 5) is 23.0. The van der Waals surface area contributed by atoms with Gasteiger partial charge < -0.3 is 14.5 Å². The molecule has 0 saturated heterocycles. The van der Waals surface area contributed by atoms with E-state index in [-0.39, 0.29) is 5.91 Å². The van der Waals surface area contributed by atoms with Crippen LogP contribution in [0.15, 0.2) is 48.5 Å². The van der Waals surface area contributed by atoms with Crippen LogP contribution < -0.4 is 0 Å². The Hall–Kier alpha value is -3.08. The number of fused-ring (bicyclic) bond motifs is 4. The van der Waals surface area contributed by atoms with Crippen molar-refractivity contribution in [3.8, 4) is 0 Å². The van der Waals surface area contributed by atoms with Crippen LogP contribution in [-0.4, -0.2) is 31.9 Å². The first-order valence-electron chi connectivity index (χ1n) is 9.47. The fourth-order valence-corrected chi connectivity index (χ4v) is 4.18. The van der Waals surface area contributed by atoms with Gasteiger partial charge in [-0.15, -0.1) is 0 Å². The van der Waals surface area contributed by atoms with E-state index in [2.05, 4.69) is 38.8 Å². The molecule has 0 bridgehead atoms. The summed E-state index contributed by atoms with van der Waals surface area (Å²) in [5.41, 5.74) is 5.81. The molecule has 1 aliphatic rings. The molecular weight excluding hydrogens is 336 g/mol. The second-order valence-corrected chi connectivity index (χ2v) is 7.27. The normalized spacial score (nSPS) is 14.0. The van der Waals surface area contributed by atoms with Crippen molar-refractivity contribution in [1.82, 2.24) is 19.4 Å². The van der Waals surface area contributed by atoms with Crippen molar-refractivity contribution in [3.63, 3.8) is 0 Å². The predicted molar refractivity (Wildman–Crippen MR) is 106 cm³/mol. The number of aromatic amines is 1. The van der Waals surface area contributed by atoms with E-state index in [1.54, 1.807) is 0 Å². The van der Waals surface area contributed by atoms with Crippen LogP contribution in [0.2, 0.25) is 0 Å². The maximum atomic E-state index is 12.8. The average molecular weight is 358 g/mol. The Morgan fingerprint density at radius 2 is 1.96 bits per heavy atom. The minimum Gasteiger partial charge on any atom is -0.358 e. The Morgan fingerprint density at radius 3 is 2.85 bits per heavy atom. The van der Waals surface area contributed by atoms with E-state index in [1.165, 1.54) is 16.6 Å². The molecule has 27 heavy (non-hydrogen) atoms. The molecule has 0 aliphatic carbocycles. The van der Waals surface area contributed by atoms with Crippen molar-refractivity contribution in [2.45, 2.75) is 25.8 Å². The number of aryl methyl sites for hydroxylation is 2. The van der Waals surface area contributed by atoms with Crippen LogP contribution in [0, 0.1) is 0 Å². The van der Waals surface area contributed by atoms with Gasteiger partial charge in [0.1, 0.15) is 5.82 Å². The molecular formula is C22H22N4O. The molecule has 0 unspecified atom stereocenters. The lowest BCUT2D eigenvalue weighted by Gasteiger charge is -2.27. The Labute approximate surface area is 157 Å².